The van der Waals surface area contributed by atoms with E-state index in [0.29, 0.717) is 0 Å². The zero-order chi connectivity index (χ0) is 15.9. The molecule has 0 unspecified atom stereocenters. The predicted octanol–water partition coefficient (Wildman–Crippen LogP) is 4.02. The number of aromatic amines is 1. The zero-order valence-electron chi connectivity index (χ0n) is 12.9. The number of rotatable bonds is 0. The second-order valence-corrected chi connectivity index (χ2v) is 6.06. The molecular weight excluding hydrogens is 296 g/mol. The Morgan fingerprint density at radius 2 is 1.62 bits per heavy atom. The lowest BCUT2D eigenvalue weighted by molar-refractivity contribution is 1.21. The van der Waals surface area contributed by atoms with Crippen molar-refractivity contribution in [3.05, 3.63) is 82.6 Å². The van der Waals surface area contributed by atoms with Gasteiger partial charge in [-0.2, -0.15) is 0 Å². The molecule has 24 heavy (non-hydrogen) atoms. The summed E-state index contributed by atoms with van der Waals surface area (Å²) in [7, 11) is 0. The highest BCUT2D eigenvalue weighted by atomic mass is 14.8. The number of fused-ring (bicyclic) bond motifs is 6. The Morgan fingerprint density at radius 1 is 0.833 bits per heavy atom. The minimum atomic E-state index is 0.829. The summed E-state index contributed by atoms with van der Waals surface area (Å²) in [6.45, 7) is 0. The van der Waals surface area contributed by atoms with E-state index in [-0.39, 0.29) is 0 Å². The van der Waals surface area contributed by atoms with E-state index < -0.39 is 0 Å². The fourth-order valence-corrected chi connectivity index (χ4v) is 3.04. The van der Waals surface area contributed by atoms with Gasteiger partial charge < -0.3 is 4.98 Å². The molecule has 0 saturated heterocycles. The molecule has 1 aromatic rings. The van der Waals surface area contributed by atoms with Gasteiger partial charge in [-0.1, -0.05) is 0 Å². The molecule has 4 aliphatic heterocycles. The smallest absolute Gasteiger partial charge is 0.0659 e. The largest absolute Gasteiger partial charge is 0.361 e. The topological polar surface area (TPSA) is 52.9 Å². The minimum Gasteiger partial charge on any atom is -0.361 e. The molecule has 1 N–H and O–H groups in total. The highest BCUT2D eigenvalue weighted by molar-refractivity contribution is 6.12. The Hall–Kier alpha value is -3.27. The molecular formula is C20H14N4. The van der Waals surface area contributed by atoms with Gasteiger partial charge in [-0.05, 0) is 65.8 Å². The lowest BCUT2D eigenvalue weighted by Gasteiger charge is -1.95. The van der Waals surface area contributed by atoms with E-state index in [1.165, 1.54) is 5.57 Å². The highest BCUT2D eigenvalue weighted by Crippen LogP contribution is 2.24. The van der Waals surface area contributed by atoms with Crippen LogP contribution in [0.15, 0.2) is 86.4 Å². The maximum absolute atomic E-state index is 4.63. The van der Waals surface area contributed by atoms with Crippen LogP contribution in [0.5, 0.6) is 0 Å². The Kier molecular flexibility index (Phi) is 2.82. The Morgan fingerprint density at radius 3 is 2.50 bits per heavy atom. The van der Waals surface area contributed by atoms with Gasteiger partial charge in [-0.15, -0.1) is 0 Å². The number of hydrogen-bond acceptors (Lipinski definition) is 3. The molecule has 114 valence electrons. The number of aliphatic imine (C=N–C) groups is 3. The van der Waals surface area contributed by atoms with Crippen LogP contribution in [-0.2, 0) is 0 Å². The number of hydrogen-bond donors (Lipinski definition) is 1. The summed E-state index contributed by atoms with van der Waals surface area (Å²) in [5, 5.41) is 0. The summed E-state index contributed by atoms with van der Waals surface area (Å²) in [4.78, 5) is 17.0. The van der Waals surface area contributed by atoms with Gasteiger partial charge in [-0.3, -0.25) is 4.99 Å². The van der Waals surface area contributed by atoms with Crippen LogP contribution in [0.25, 0.3) is 12.2 Å². The molecule has 0 saturated carbocycles. The fourth-order valence-electron chi connectivity index (χ4n) is 3.04. The van der Waals surface area contributed by atoms with E-state index >= 15 is 0 Å². The average molecular weight is 310 g/mol. The summed E-state index contributed by atoms with van der Waals surface area (Å²) in [5.74, 6) is 0. The molecule has 0 spiro atoms. The number of aromatic nitrogens is 1. The summed E-state index contributed by atoms with van der Waals surface area (Å²) in [6.07, 6.45) is 21.1. The molecule has 0 amide bonds. The molecule has 4 heteroatoms. The van der Waals surface area contributed by atoms with Crippen LogP contribution in [0.3, 0.4) is 0 Å². The van der Waals surface area contributed by atoms with Gasteiger partial charge in [0.05, 0.1) is 22.8 Å². The van der Waals surface area contributed by atoms with Crippen molar-refractivity contribution in [3.8, 4) is 0 Å². The second-order valence-electron chi connectivity index (χ2n) is 6.06. The molecule has 4 aliphatic rings. The van der Waals surface area contributed by atoms with Gasteiger partial charge in [0.15, 0.2) is 0 Å². The van der Waals surface area contributed by atoms with Crippen molar-refractivity contribution in [2.45, 2.75) is 6.42 Å². The molecule has 5 heterocycles. The fraction of sp³-hybridized carbons (Fsp3) is 0.0500. The van der Waals surface area contributed by atoms with E-state index in [2.05, 4.69) is 44.3 Å². The third-order valence-electron chi connectivity index (χ3n) is 4.14. The average Bonchev–Trinajstić information content (AvgIpc) is 3.32. The quantitative estimate of drug-likeness (QED) is 0.752. The summed E-state index contributed by atoms with van der Waals surface area (Å²) >= 11 is 0. The van der Waals surface area contributed by atoms with Crippen molar-refractivity contribution in [3.63, 3.8) is 0 Å². The summed E-state index contributed by atoms with van der Waals surface area (Å²) in [5.41, 5.74) is 8.12. The Bertz CT molecular complexity index is 1010. The first-order valence-electron chi connectivity index (χ1n) is 7.91. The molecule has 4 nitrogen and oxygen atoms in total. The van der Waals surface area contributed by atoms with Gasteiger partial charge in [0, 0.05) is 30.2 Å². The molecule has 0 aliphatic carbocycles. The normalized spacial score (nSPS) is 20.5. The van der Waals surface area contributed by atoms with E-state index in [1.807, 2.05) is 42.8 Å². The molecule has 0 aromatic carbocycles. The van der Waals surface area contributed by atoms with Crippen LogP contribution in [0.2, 0.25) is 0 Å². The highest BCUT2D eigenvalue weighted by Gasteiger charge is 2.12. The molecule has 8 bridgehead atoms. The van der Waals surface area contributed by atoms with Crippen molar-refractivity contribution < 1.29 is 0 Å². The first-order valence-corrected chi connectivity index (χ1v) is 7.91. The predicted molar refractivity (Wildman–Crippen MR) is 99.2 cm³/mol. The van der Waals surface area contributed by atoms with Gasteiger partial charge >= 0.3 is 0 Å². The number of allylic oxidation sites excluding steroid dienone is 7. The van der Waals surface area contributed by atoms with Gasteiger partial charge in [0.25, 0.3) is 0 Å². The first-order chi connectivity index (χ1) is 11.8. The summed E-state index contributed by atoms with van der Waals surface area (Å²) < 4.78 is 0. The first kappa shape index (κ1) is 13.2. The van der Waals surface area contributed by atoms with Crippen LogP contribution >= 0.6 is 0 Å². The molecule has 0 radical (unpaired) electrons. The van der Waals surface area contributed by atoms with Crippen molar-refractivity contribution >= 4 is 29.8 Å². The van der Waals surface area contributed by atoms with Crippen molar-refractivity contribution in [2.75, 3.05) is 0 Å². The third kappa shape index (κ3) is 2.48. The maximum Gasteiger partial charge on any atom is 0.0659 e. The third-order valence-corrected chi connectivity index (χ3v) is 4.14. The lowest BCUT2D eigenvalue weighted by Crippen LogP contribution is -1.89. The molecule has 0 atom stereocenters. The van der Waals surface area contributed by atoms with Crippen LogP contribution in [0.1, 0.15) is 17.7 Å². The number of nitrogens with zero attached hydrogens (tertiary/aromatic N) is 3. The molecule has 5 rings (SSSR count). The van der Waals surface area contributed by atoms with E-state index in [4.69, 9.17) is 0 Å². The van der Waals surface area contributed by atoms with E-state index in [0.717, 1.165) is 46.2 Å². The second kappa shape index (κ2) is 5.13. The zero-order valence-corrected chi connectivity index (χ0v) is 12.9. The summed E-state index contributed by atoms with van der Waals surface area (Å²) in [6, 6.07) is 2.11. The number of nitrogens with one attached hydrogen (secondary N) is 1. The SMILES string of the molecule is C1=CC2=NC1=CC1=NC(=Cc3c[nH]c(c3)C=C3CC(=C2)C=N3)C=C1. The lowest BCUT2D eigenvalue weighted by atomic mass is 10.1. The monoisotopic (exact) mass is 310 g/mol. The van der Waals surface area contributed by atoms with Crippen molar-refractivity contribution in [1.82, 2.24) is 4.98 Å². The standard InChI is InChI=1S/C20H14N4/c1-3-17-9-18-4-2-16(24-18)6-14-8-20(22-12-14)10-19-7-13(11-21-19)5-15(1)23-17/h1-7,9-12,21H,8H2. The Labute approximate surface area is 139 Å². The van der Waals surface area contributed by atoms with Crippen LogP contribution in [0.4, 0.5) is 0 Å². The van der Waals surface area contributed by atoms with Crippen molar-refractivity contribution in [2.24, 2.45) is 15.0 Å². The van der Waals surface area contributed by atoms with Crippen LogP contribution in [-0.4, -0.2) is 22.6 Å². The van der Waals surface area contributed by atoms with Crippen LogP contribution < -0.4 is 0 Å². The van der Waals surface area contributed by atoms with E-state index in [1.54, 1.807) is 0 Å². The van der Waals surface area contributed by atoms with E-state index in [9.17, 15) is 0 Å². The molecule has 1 aromatic heterocycles. The van der Waals surface area contributed by atoms with Crippen molar-refractivity contribution in [1.29, 1.82) is 0 Å². The van der Waals surface area contributed by atoms with Gasteiger partial charge in [0.1, 0.15) is 0 Å². The maximum atomic E-state index is 4.63. The number of H-pyrrole nitrogens is 1. The van der Waals surface area contributed by atoms with Gasteiger partial charge in [0.2, 0.25) is 0 Å². The minimum absolute atomic E-state index is 0.829. The van der Waals surface area contributed by atoms with Gasteiger partial charge in [-0.25, -0.2) is 9.98 Å². The van der Waals surface area contributed by atoms with Crippen LogP contribution in [0, 0.1) is 0 Å². The molecule has 0 fully saturated rings. The Balaban J connectivity index is 1.64.